The lowest BCUT2D eigenvalue weighted by Crippen LogP contribution is -2.59. The number of carbonyl (C=O) groups is 7. The van der Waals surface area contributed by atoms with Crippen molar-refractivity contribution in [3.05, 3.63) is 90.3 Å². The first-order valence-electron chi connectivity index (χ1n) is 17.8. The minimum Gasteiger partial charge on any atom is -0.462 e. The quantitative estimate of drug-likeness (QED) is 0.200. The van der Waals surface area contributed by atoms with Crippen molar-refractivity contribution in [3.8, 4) is 0 Å². The van der Waals surface area contributed by atoms with Crippen LogP contribution in [0.15, 0.2) is 79.2 Å². The number of nitrogens with zero attached hydrogens (tertiary/aromatic N) is 1. The van der Waals surface area contributed by atoms with E-state index >= 15 is 0 Å². The lowest BCUT2D eigenvalue weighted by Gasteiger charge is -2.44. The molecule has 1 heterocycles. The van der Waals surface area contributed by atoms with Gasteiger partial charge in [-0.15, -0.1) is 0 Å². The summed E-state index contributed by atoms with van der Waals surface area (Å²) in [6.45, 7) is 15.2. The van der Waals surface area contributed by atoms with Gasteiger partial charge in [-0.25, -0.2) is 9.59 Å². The Hall–Kier alpha value is -5.66. The average molecular weight is 762 g/mol. The van der Waals surface area contributed by atoms with Gasteiger partial charge in [-0.3, -0.25) is 29.0 Å². The second-order valence-electron chi connectivity index (χ2n) is 14.5. The Bertz CT molecular complexity index is 1840. The van der Waals surface area contributed by atoms with Crippen LogP contribution in [0.25, 0.3) is 0 Å². The molecule has 1 aromatic heterocycles. The zero-order valence-electron chi connectivity index (χ0n) is 32.1. The summed E-state index contributed by atoms with van der Waals surface area (Å²) in [7, 11) is 0. The Kier molecular flexibility index (Phi) is 13.2. The van der Waals surface area contributed by atoms with Crippen molar-refractivity contribution in [2.75, 3.05) is 0 Å². The van der Waals surface area contributed by atoms with Crippen molar-refractivity contribution >= 4 is 41.6 Å². The first-order chi connectivity index (χ1) is 25.8. The van der Waals surface area contributed by atoms with Crippen LogP contribution in [0, 0.1) is 23.2 Å². The van der Waals surface area contributed by atoms with Gasteiger partial charge in [0.1, 0.15) is 12.2 Å². The first kappa shape index (κ1) is 42.1. The second kappa shape index (κ2) is 17.2. The fourth-order valence-corrected chi connectivity index (χ4v) is 7.40. The molecule has 0 N–H and O–H groups in total. The molecule has 0 spiro atoms. The maximum absolute atomic E-state index is 14.8. The SMILES string of the molecule is C=C1[C@H](OC(=O)c2ccccc2)[C@@H](OC(C)=O)[C@@H](OC(=O)c2cccnc2)C(C)(C)/C=C/[C@@H](C)C(=O)[C@@]2(OC(C)=O)C[C@H](C)[C@H](OC(C)=O)[C@@H]2[C@H]1OC(C)=O. The molecule has 4 rings (SSSR count). The standard InChI is InChI=1S/C41H47NO13/c1-22-17-18-40(8,9)37(54-39(49)30-16-13-19-42-21-30)35(52-27(6)45)34(53-38(48)29-14-11-10-12-15-29)24(3)33(51-26(5)44)31-32(50-25(4)43)23(2)20-41(31,36(22)47)55-28(7)46/h10-19,21-23,31-35,37H,3,20H2,1-2,4-9H3/b18-17+/t22-,23+,31-,32+,33+,34+,35-,37-,41-/m1/s1. The summed E-state index contributed by atoms with van der Waals surface area (Å²) < 4.78 is 35.9. The van der Waals surface area contributed by atoms with Crippen LogP contribution >= 0.6 is 0 Å². The van der Waals surface area contributed by atoms with Gasteiger partial charge in [0, 0.05) is 63.4 Å². The summed E-state index contributed by atoms with van der Waals surface area (Å²) in [6, 6.07) is 10.8. The molecule has 9 atom stereocenters. The maximum Gasteiger partial charge on any atom is 0.340 e. The van der Waals surface area contributed by atoms with Crippen molar-refractivity contribution < 1.29 is 62.0 Å². The van der Waals surface area contributed by atoms with Crippen LogP contribution in [0.2, 0.25) is 0 Å². The third-order valence-corrected chi connectivity index (χ3v) is 9.71. The van der Waals surface area contributed by atoms with E-state index in [0.29, 0.717) is 0 Å². The highest BCUT2D eigenvalue weighted by Gasteiger charge is 2.66. The van der Waals surface area contributed by atoms with Gasteiger partial charge in [-0.05, 0) is 30.2 Å². The lowest BCUT2D eigenvalue weighted by molar-refractivity contribution is -0.187. The van der Waals surface area contributed by atoms with Crippen molar-refractivity contribution in [3.63, 3.8) is 0 Å². The molecule has 2 aromatic rings. The van der Waals surface area contributed by atoms with E-state index < -0.39 is 101 Å². The van der Waals surface area contributed by atoms with E-state index in [4.69, 9.17) is 28.4 Å². The maximum atomic E-state index is 14.8. The molecule has 294 valence electrons. The molecule has 0 saturated heterocycles. The van der Waals surface area contributed by atoms with E-state index in [-0.39, 0.29) is 23.1 Å². The molecular weight excluding hydrogens is 714 g/mol. The fraction of sp³-hybridized carbons (Fsp3) is 0.463. The van der Waals surface area contributed by atoms with Gasteiger partial charge < -0.3 is 28.4 Å². The van der Waals surface area contributed by atoms with Crippen LogP contribution in [0.4, 0.5) is 0 Å². The summed E-state index contributed by atoms with van der Waals surface area (Å²) in [4.78, 5) is 98.2. The Morgan fingerprint density at radius 3 is 1.87 bits per heavy atom. The highest BCUT2D eigenvalue weighted by atomic mass is 16.6. The number of allylic oxidation sites excluding steroid dienone is 1. The van der Waals surface area contributed by atoms with Crippen LogP contribution in [-0.2, 0) is 52.4 Å². The zero-order valence-corrected chi connectivity index (χ0v) is 32.1. The number of esters is 6. The molecule has 1 saturated carbocycles. The van der Waals surface area contributed by atoms with Gasteiger partial charge in [0.15, 0.2) is 29.7 Å². The molecule has 0 bridgehead atoms. The third kappa shape index (κ3) is 9.53. The summed E-state index contributed by atoms with van der Waals surface area (Å²) in [6.07, 6.45) is -2.25. The highest BCUT2D eigenvalue weighted by molar-refractivity contribution is 5.94. The molecule has 0 unspecified atom stereocenters. The van der Waals surface area contributed by atoms with Crippen molar-refractivity contribution in [2.45, 2.75) is 97.9 Å². The number of rotatable bonds is 8. The van der Waals surface area contributed by atoms with Crippen LogP contribution in [0.5, 0.6) is 0 Å². The summed E-state index contributed by atoms with van der Waals surface area (Å²) in [5, 5.41) is 0. The Balaban J connectivity index is 2.10. The number of carbonyl (C=O) groups excluding carboxylic acids is 7. The van der Waals surface area contributed by atoms with E-state index in [1.807, 2.05) is 0 Å². The normalized spacial score (nSPS) is 29.5. The van der Waals surface area contributed by atoms with E-state index in [0.717, 1.165) is 27.7 Å². The minimum absolute atomic E-state index is 0.0447. The van der Waals surface area contributed by atoms with E-state index in [1.54, 1.807) is 52.0 Å². The van der Waals surface area contributed by atoms with Crippen LogP contribution in [0.3, 0.4) is 0 Å². The number of Topliss-reactive ketones (excluding diaryl/α,β-unsaturated/α-hetero) is 1. The number of benzene rings is 1. The smallest absolute Gasteiger partial charge is 0.340 e. The zero-order chi connectivity index (χ0) is 40.8. The molecule has 0 aliphatic heterocycles. The van der Waals surface area contributed by atoms with E-state index in [9.17, 15) is 33.6 Å². The fourth-order valence-electron chi connectivity index (χ4n) is 7.40. The number of aromatic nitrogens is 1. The van der Waals surface area contributed by atoms with Gasteiger partial charge in [-0.2, -0.15) is 0 Å². The number of pyridine rings is 1. The summed E-state index contributed by atoms with van der Waals surface area (Å²) in [5.41, 5.74) is -3.55. The number of ether oxygens (including phenoxy) is 6. The number of hydrogen-bond acceptors (Lipinski definition) is 14. The molecule has 0 amide bonds. The number of ketones is 1. The second-order valence-corrected chi connectivity index (χ2v) is 14.5. The lowest BCUT2D eigenvalue weighted by atomic mass is 9.72. The van der Waals surface area contributed by atoms with E-state index in [1.165, 1.54) is 42.7 Å². The number of fused-ring (bicyclic) bond motifs is 1. The monoisotopic (exact) mass is 761 g/mol. The van der Waals surface area contributed by atoms with Crippen molar-refractivity contribution in [1.82, 2.24) is 4.98 Å². The van der Waals surface area contributed by atoms with Gasteiger partial charge in [0.05, 0.1) is 17.0 Å². The van der Waals surface area contributed by atoms with Crippen molar-refractivity contribution in [1.29, 1.82) is 0 Å². The Morgan fingerprint density at radius 2 is 1.31 bits per heavy atom. The Labute approximate surface area is 319 Å². The topological polar surface area (TPSA) is 188 Å². The molecule has 14 nitrogen and oxygen atoms in total. The molecule has 2 aliphatic rings. The van der Waals surface area contributed by atoms with Gasteiger partial charge in [0.2, 0.25) is 0 Å². The van der Waals surface area contributed by atoms with Gasteiger partial charge in [-0.1, -0.05) is 64.6 Å². The van der Waals surface area contributed by atoms with Crippen LogP contribution in [-0.4, -0.2) is 82.7 Å². The van der Waals surface area contributed by atoms with Crippen LogP contribution < -0.4 is 0 Å². The molecule has 0 radical (unpaired) electrons. The molecular formula is C41H47NO13. The predicted octanol–water partition coefficient (Wildman–Crippen LogP) is 4.94. The third-order valence-electron chi connectivity index (χ3n) is 9.71. The van der Waals surface area contributed by atoms with Crippen LogP contribution in [0.1, 0.15) is 82.5 Å². The summed E-state index contributed by atoms with van der Waals surface area (Å²) >= 11 is 0. The molecule has 1 fully saturated rings. The van der Waals surface area contributed by atoms with E-state index in [2.05, 4.69) is 11.6 Å². The number of hydrogen-bond donors (Lipinski definition) is 0. The largest absolute Gasteiger partial charge is 0.462 e. The highest BCUT2D eigenvalue weighted by Crippen LogP contribution is 2.51. The van der Waals surface area contributed by atoms with Gasteiger partial charge >= 0.3 is 35.8 Å². The van der Waals surface area contributed by atoms with Crippen molar-refractivity contribution in [2.24, 2.45) is 23.2 Å². The molecule has 1 aromatic carbocycles. The molecule has 14 heteroatoms. The Morgan fingerprint density at radius 1 is 0.727 bits per heavy atom. The first-order valence-corrected chi connectivity index (χ1v) is 17.8. The average Bonchev–Trinajstić information content (AvgIpc) is 3.38. The molecule has 2 aliphatic carbocycles. The molecule has 55 heavy (non-hydrogen) atoms. The summed E-state index contributed by atoms with van der Waals surface area (Å²) in [5.74, 6) is -8.94. The van der Waals surface area contributed by atoms with Gasteiger partial charge in [0.25, 0.3) is 0 Å². The minimum atomic E-state index is -2.08. The predicted molar refractivity (Wildman–Crippen MR) is 194 cm³/mol.